The fourth-order valence-corrected chi connectivity index (χ4v) is 4.49. The number of nitrogens with two attached hydrogens (primary N) is 1. The molecule has 0 fully saturated rings. The third-order valence-corrected chi connectivity index (χ3v) is 5.95. The van der Waals surface area contributed by atoms with Crippen molar-refractivity contribution in [1.29, 1.82) is 0 Å². The first-order valence-electron chi connectivity index (χ1n) is 3.70. The first kappa shape index (κ1) is 10.8. The molecular weight excluding hydrogens is 185 g/mol. The molecule has 0 aliphatic heterocycles. The van der Waals surface area contributed by atoms with Crippen molar-refractivity contribution in [2.75, 3.05) is 6.54 Å². The fourth-order valence-electron chi connectivity index (χ4n) is 0.851. The van der Waals surface area contributed by atoms with Crippen LogP contribution in [0.3, 0.4) is 0 Å². The van der Waals surface area contributed by atoms with E-state index in [9.17, 15) is 0 Å². The van der Waals surface area contributed by atoms with Crippen LogP contribution in [0.2, 0.25) is 12.1 Å². The van der Waals surface area contributed by atoms with E-state index < -0.39 is 6.69 Å². The Labute approximate surface area is 73.3 Å². The third kappa shape index (κ3) is 5.53. The third-order valence-electron chi connectivity index (χ3n) is 1.36. The van der Waals surface area contributed by atoms with Crippen molar-refractivity contribution in [1.82, 2.24) is 0 Å². The molecule has 0 radical (unpaired) electrons. The van der Waals surface area contributed by atoms with Gasteiger partial charge in [-0.15, -0.1) is 22.2 Å². The quantitative estimate of drug-likeness (QED) is 0.535. The topological polar surface area (TPSA) is 26.0 Å². The molecule has 0 aliphatic carbocycles. The second-order valence-electron chi connectivity index (χ2n) is 2.50. The van der Waals surface area contributed by atoms with E-state index in [2.05, 4.69) is 6.92 Å². The lowest BCUT2D eigenvalue weighted by Crippen LogP contribution is -2.19. The van der Waals surface area contributed by atoms with Crippen molar-refractivity contribution < 1.29 is 0 Å². The molecule has 2 N–H and O–H groups in total. The summed E-state index contributed by atoms with van der Waals surface area (Å²) in [5, 5.41) is 0. The molecule has 0 aromatic carbocycles. The highest BCUT2D eigenvalue weighted by Crippen LogP contribution is 2.27. The van der Waals surface area contributed by atoms with Crippen LogP contribution in [-0.2, 0) is 0 Å². The van der Waals surface area contributed by atoms with Crippen molar-refractivity contribution in [2.24, 2.45) is 5.73 Å². The Kier molecular flexibility index (Phi) is 5.82. The maximum atomic E-state index is 6.06. The Morgan fingerprint density at radius 2 is 1.90 bits per heavy atom. The predicted molar refractivity (Wildman–Crippen MR) is 51.0 cm³/mol. The normalized spacial score (nSPS) is 12.0. The molecule has 0 aromatic rings. The molecule has 0 aliphatic rings. The van der Waals surface area contributed by atoms with E-state index in [-0.39, 0.29) is 0 Å². The Morgan fingerprint density at radius 1 is 1.30 bits per heavy atom. The van der Waals surface area contributed by atoms with E-state index in [1.165, 1.54) is 0 Å². The van der Waals surface area contributed by atoms with E-state index in [0.29, 0.717) is 6.54 Å². The van der Waals surface area contributed by atoms with E-state index in [1.54, 1.807) is 0 Å². The predicted octanol–water partition coefficient (Wildman–Crippen LogP) is 2.67. The van der Waals surface area contributed by atoms with Gasteiger partial charge in [-0.2, -0.15) is 0 Å². The average molecular weight is 200 g/mol. The number of hydrogen-bond acceptors (Lipinski definition) is 1. The fraction of sp³-hybridized carbons (Fsp3) is 1.00. The second-order valence-corrected chi connectivity index (χ2v) is 10.1. The monoisotopic (exact) mass is 199 g/mol. The molecule has 0 saturated carbocycles. The number of halogens is 2. The SMILES string of the molecule is CCC[Si](Cl)(Cl)CCCN. The van der Waals surface area contributed by atoms with Crippen LogP contribution in [0.4, 0.5) is 0 Å². The first-order valence-corrected chi connectivity index (χ1v) is 8.14. The maximum Gasteiger partial charge on any atom is 0.251 e. The van der Waals surface area contributed by atoms with Gasteiger partial charge in [0.25, 0.3) is 6.69 Å². The van der Waals surface area contributed by atoms with Crippen LogP contribution in [0.5, 0.6) is 0 Å². The molecule has 0 heterocycles. The molecule has 0 rings (SSSR count). The maximum absolute atomic E-state index is 6.06. The van der Waals surface area contributed by atoms with E-state index in [0.717, 1.165) is 24.9 Å². The summed E-state index contributed by atoms with van der Waals surface area (Å²) in [5.41, 5.74) is 5.34. The smallest absolute Gasteiger partial charge is 0.251 e. The molecule has 0 amide bonds. The van der Waals surface area contributed by atoms with E-state index in [1.807, 2.05) is 0 Å². The van der Waals surface area contributed by atoms with Gasteiger partial charge in [0.2, 0.25) is 0 Å². The van der Waals surface area contributed by atoms with Crippen LogP contribution in [0.1, 0.15) is 19.8 Å². The van der Waals surface area contributed by atoms with Crippen LogP contribution in [0.15, 0.2) is 0 Å². The summed E-state index contributed by atoms with van der Waals surface area (Å²) in [4.78, 5) is 0. The molecule has 62 valence electrons. The molecule has 0 atom stereocenters. The molecule has 0 bridgehead atoms. The highest BCUT2D eigenvalue weighted by Gasteiger charge is 2.25. The summed E-state index contributed by atoms with van der Waals surface area (Å²) < 4.78 is 0. The van der Waals surface area contributed by atoms with Crippen LogP contribution >= 0.6 is 22.2 Å². The zero-order valence-electron chi connectivity index (χ0n) is 6.37. The van der Waals surface area contributed by atoms with Gasteiger partial charge in [0.15, 0.2) is 0 Å². The summed E-state index contributed by atoms with van der Waals surface area (Å²) in [7, 11) is 0. The lowest BCUT2D eigenvalue weighted by Gasteiger charge is -2.13. The average Bonchev–Trinajstić information content (AvgIpc) is 1.84. The molecule has 0 aromatic heterocycles. The molecular formula is C6H15Cl2NSi. The Hall–Kier alpha value is 0.757. The van der Waals surface area contributed by atoms with Crippen LogP contribution < -0.4 is 5.73 Å². The molecule has 0 unspecified atom stereocenters. The standard InChI is InChI=1S/C6H15Cl2NSi/c1-2-5-10(7,8)6-3-4-9/h2-6,9H2,1H3. The summed E-state index contributed by atoms with van der Waals surface area (Å²) in [6.07, 6.45) is 2.06. The zero-order chi connectivity index (χ0) is 8.04. The van der Waals surface area contributed by atoms with Crippen LogP contribution in [0.25, 0.3) is 0 Å². The minimum Gasteiger partial charge on any atom is -0.330 e. The van der Waals surface area contributed by atoms with Gasteiger partial charge in [-0.1, -0.05) is 13.3 Å². The van der Waals surface area contributed by atoms with Gasteiger partial charge in [-0.3, -0.25) is 0 Å². The van der Waals surface area contributed by atoms with E-state index in [4.69, 9.17) is 27.9 Å². The van der Waals surface area contributed by atoms with Crippen LogP contribution in [-0.4, -0.2) is 13.2 Å². The lowest BCUT2D eigenvalue weighted by molar-refractivity contribution is 0.911. The van der Waals surface area contributed by atoms with Gasteiger partial charge in [-0.05, 0) is 25.1 Å². The van der Waals surface area contributed by atoms with Crippen molar-refractivity contribution in [2.45, 2.75) is 31.9 Å². The summed E-state index contributed by atoms with van der Waals surface area (Å²) in [6, 6.07) is 1.94. The Balaban J connectivity index is 3.42. The van der Waals surface area contributed by atoms with Crippen molar-refractivity contribution in [3.63, 3.8) is 0 Å². The molecule has 1 nitrogen and oxygen atoms in total. The van der Waals surface area contributed by atoms with Gasteiger partial charge in [-0.25, -0.2) is 0 Å². The summed E-state index contributed by atoms with van der Waals surface area (Å²) in [6.45, 7) is 0.953. The summed E-state index contributed by atoms with van der Waals surface area (Å²) in [5.74, 6) is 0. The molecule has 4 heteroatoms. The molecule has 0 saturated heterocycles. The zero-order valence-corrected chi connectivity index (χ0v) is 8.88. The Morgan fingerprint density at radius 3 is 2.30 bits per heavy atom. The Bertz CT molecular complexity index is 87.8. The van der Waals surface area contributed by atoms with Crippen molar-refractivity contribution >= 4 is 28.9 Å². The first-order chi connectivity index (χ1) is 4.62. The number of hydrogen-bond donors (Lipinski definition) is 1. The highest BCUT2D eigenvalue weighted by molar-refractivity contribution is 7.45. The van der Waals surface area contributed by atoms with Gasteiger partial charge in [0, 0.05) is 0 Å². The van der Waals surface area contributed by atoms with Crippen LogP contribution in [0, 0.1) is 0 Å². The lowest BCUT2D eigenvalue weighted by atomic mass is 10.5. The number of rotatable bonds is 5. The van der Waals surface area contributed by atoms with Crippen molar-refractivity contribution in [3.05, 3.63) is 0 Å². The second kappa shape index (κ2) is 5.41. The van der Waals surface area contributed by atoms with E-state index >= 15 is 0 Å². The molecule has 0 spiro atoms. The van der Waals surface area contributed by atoms with Gasteiger partial charge >= 0.3 is 0 Å². The van der Waals surface area contributed by atoms with Gasteiger partial charge < -0.3 is 5.73 Å². The molecule has 10 heavy (non-hydrogen) atoms. The van der Waals surface area contributed by atoms with Gasteiger partial charge in [0.1, 0.15) is 0 Å². The minimum atomic E-state index is -1.86. The van der Waals surface area contributed by atoms with Gasteiger partial charge in [0.05, 0.1) is 0 Å². The largest absolute Gasteiger partial charge is 0.330 e. The highest BCUT2D eigenvalue weighted by atomic mass is 35.7. The minimum absolute atomic E-state index is 0.706. The van der Waals surface area contributed by atoms with Crippen molar-refractivity contribution in [3.8, 4) is 0 Å². The summed E-state index contributed by atoms with van der Waals surface area (Å²) >= 11 is 12.1.